The van der Waals surface area contributed by atoms with E-state index in [1.807, 2.05) is 25.4 Å². The number of aryl methyl sites for hydroxylation is 1. The van der Waals surface area contributed by atoms with Crippen molar-refractivity contribution in [1.82, 2.24) is 10.3 Å². The summed E-state index contributed by atoms with van der Waals surface area (Å²) in [6.07, 6.45) is 4.49. The van der Waals surface area contributed by atoms with Crippen molar-refractivity contribution in [1.29, 1.82) is 0 Å². The van der Waals surface area contributed by atoms with Crippen molar-refractivity contribution >= 4 is 10.9 Å². The molecular formula is C17H18N2O. The summed E-state index contributed by atoms with van der Waals surface area (Å²) in [6, 6.07) is 12.5. The molecule has 1 atom stereocenters. The first-order valence-corrected chi connectivity index (χ1v) is 6.92. The molecular weight excluding hydrogens is 248 g/mol. The Hall–Kier alpha value is -2.13. The lowest BCUT2D eigenvalue weighted by atomic mass is 9.96. The second-order valence-corrected chi connectivity index (χ2v) is 4.80. The smallest absolute Gasteiger partial charge is 0.108 e. The first-order valence-electron chi connectivity index (χ1n) is 6.92. The van der Waals surface area contributed by atoms with Crippen molar-refractivity contribution in [2.75, 3.05) is 7.05 Å². The second kappa shape index (κ2) is 5.47. The molecule has 0 aliphatic carbocycles. The third-order valence-corrected chi connectivity index (χ3v) is 3.68. The van der Waals surface area contributed by atoms with Crippen LogP contribution in [0.15, 0.2) is 53.3 Å². The summed E-state index contributed by atoms with van der Waals surface area (Å²) >= 11 is 0. The molecule has 2 aromatic heterocycles. The lowest BCUT2D eigenvalue weighted by Gasteiger charge is -2.18. The summed E-state index contributed by atoms with van der Waals surface area (Å²) in [5.41, 5.74) is 3.41. The summed E-state index contributed by atoms with van der Waals surface area (Å²) in [4.78, 5) is 4.54. The van der Waals surface area contributed by atoms with Crippen LogP contribution in [0.1, 0.15) is 29.9 Å². The zero-order chi connectivity index (χ0) is 13.9. The van der Waals surface area contributed by atoms with E-state index in [1.54, 1.807) is 6.26 Å². The van der Waals surface area contributed by atoms with Crippen LogP contribution in [0.4, 0.5) is 0 Å². The van der Waals surface area contributed by atoms with Crippen molar-refractivity contribution in [3.8, 4) is 0 Å². The minimum atomic E-state index is 0.0994. The lowest BCUT2D eigenvalue weighted by molar-refractivity contribution is 0.505. The standard InChI is InChI=1S/C17H18N2O/c1-3-15-13(9-11-20-15)17(18-2)14-8-4-6-12-7-5-10-19-16(12)14/h4-11,17-18H,3H2,1-2H3. The molecule has 3 aromatic rings. The Morgan fingerprint density at radius 1 is 1.15 bits per heavy atom. The van der Waals surface area contributed by atoms with E-state index < -0.39 is 0 Å². The molecule has 0 bridgehead atoms. The normalized spacial score (nSPS) is 12.7. The van der Waals surface area contributed by atoms with Gasteiger partial charge in [-0.2, -0.15) is 0 Å². The minimum Gasteiger partial charge on any atom is -0.469 e. The Morgan fingerprint density at radius 3 is 2.80 bits per heavy atom. The van der Waals surface area contributed by atoms with Gasteiger partial charge in [0.05, 0.1) is 17.8 Å². The molecule has 3 nitrogen and oxygen atoms in total. The monoisotopic (exact) mass is 266 g/mol. The highest BCUT2D eigenvalue weighted by Gasteiger charge is 2.19. The number of aromatic nitrogens is 1. The van der Waals surface area contributed by atoms with Gasteiger partial charge in [-0.1, -0.05) is 31.2 Å². The molecule has 102 valence electrons. The zero-order valence-corrected chi connectivity index (χ0v) is 11.8. The van der Waals surface area contributed by atoms with Gasteiger partial charge in [-0.3, -0.25) is 4.98 Å². The molecule has 20 heavy (non-hydrogen) atoms. The third-order valence-electron chi connectivity index (χ3n) is 3.68. The Kier molecular flexibility index (Phi) is 3.52. The van der Waals surface area contributed by atoms with Crippen LogP contribution in [0, 0.1) is 0 Å². The Morgan fingerprint density at radius 2 is 2.00 bits per heavy atom. The highest BCUT2D eigenvalue weighted by molar-refractivity contribution is 5.82. The number of nitrogens with one attached hydrogen (secondary N) is 1. The van der Waals surface area contributed by atoms with Gasteiger partial charge in [0.1, 0.15) is 5.76 Å². The Bertz CT molecular complexity index is 712. The molecule has 0 fully saturated rings. The van der Waals surface area contributed by atoms with Gasteiger partial charge in [0.2, 0.25) is 0 Å². The van der Waals surface area contributed by atoms with Crippen LogP contribution in [-0.2, 0) is 6.42 Å². The molecule has 1 aromatic carbocycles. The van der Waals surface area contributed by atoms with Crippen molar-refractivity contribution in [2.24, 2.45) is 0 Å². The van der Waals surface area contributed by atoms with Gasteiger partial charge < -0.3 is 9.73 Å². The maximum Gasteiger partial charge on any atom is 0.108 e. The Labute approximate surface area is 118 Å². The van der Waals surface area contributed by atoms with Crippen molar-refractivity contribution < 1.29 is 4.42 Å². The lowest BCUT2D eigenvalue weighted by Crippen LogP contribution is -2.18. The number of pyridine rings is 1. The van der Waals surface area contributed by atoms with Gasteiger partial charge in [0.15, 0.2) is 0 Å². The average molecular weight is 266 g/mol. The third kappa shape index (κ3) is 2.10. The van der Waals surface area contributed by atoms with E-state index in [9.17, 15) is 0 Å². The SMILES string of the molecule is CCc1occc1C(NC)c1cccc2cccnc12. The number of para-hydroxylation sites is 1. The van der Waals surface area contributed by atoms with Crippen LogP contribution in [0.3, 0.4) is 0 Å². The molecule has 3 rings (SSSR count). The maximum atomic E-state index is 5.57. The summed E-state index contributed by atoms with van der Waals surface area (Å²) in [5.74, 6) is 1.03. The van der Waals surface area contributed by atoms with Crippen LogP contribution >= 0.6 is 0 Å². The van der Waals surface area contributed by atoms with E-state index in [0.717, 1.165) is 23.1 Å². The molecule has 0 saturated carbocycles. The molecule has 0 spiro atoms. The average Bonchev–Trinajstić information content (AvgIpc) is 2.97. The molecule has 2 heterocycles. The Balaban J connectivity index is 2.17. The molecule has 0 saturated heterocycles. The molecule has 0 radical (unpaired) electrons. The van der Waals surface area contributed by atoms with Gasteiger partial charge in [-0.25, -0.2) is 0 Å². The summed E-state index contributed by atoms with van der Waals surface area (Å²) < 4.78 is 5.57. The number of fused-ring (bicyclic) bond motifs is 1. The van der Waals surface area contributed by atoms with E-state index >= 15 is 0 Å². The van der Waals surface area contributed by atoms with E-state index in [-0.39, 0.29) is 6.04 Å². The summed E-state index contributed by atoms with van der Waals surface area (Å²) in [7, 11) is 1.97. The van der Waals surface area contributed by atoms with Crippen LogP contribution in [0.2, 0.25) is 0 Å². The fourth-order valence-corrected chi connectivity index (χ4v) is 2.73. The maximum absolute atomic E-state index is 5.57. The number of benzene rings is 1. The molecule has 1 N–H and O–H groups in total. The summed E-state index contributed by atoms with van der Waals surface area (Å²) in [5, 5.41) is 4.55. The predicted octanol–water partition coefficient (Wildman–Crippen LogP) is 3.70. The number of hydrogen-bond acceptors (Lipinski definition) is 3. The van der Waals surface area contributed by atoms with Crippen LogP contribution < -0.4 is 5.32 Å². The summed E-state index contributed by atoms with van der Waals surface area (Å²) in [6.45, 7) is 2.11. The van der Waals surface area contributed by atoms with E-state index in [1.165, 1.54) is 11.1 Å². The van der Waals surface area contributed by atoms with E-state index in [0.29, 0.717) is 0 Å². The van der Waals surface area contributed by atoms with Gasteiger partial charge in [-0.05, 0) is 24.7 Å². The van der Waals surface area contributed by atoms with Gasteiger partial charge in [0, 0.05) is 23.6 Å². The molecule has 0 aliphatic heterocycles. The number of nitrogens with zero attached hydrogens (tertiary/aromatic N) is 1. The highest BCUT2D eigenvalue weighted by atomic mass is 16.3. The second-order valence-electron chi connectivity index (χ2n) is 4.80. The van der Waals surface area contributed by atoms with Crippen molar-refractivity contribution in [3.63, 3.8) is 0 Å². The number of furan rings is 1. The molecule has 0 aliphatic rings. The number of rotatable bonds is 4. The largest absolute Gasteiger partial charge is 0.469 e. The van der Waals surface area contributed by atoms with Crippen LogP contribution in [-0.4, -0.2) is 12.0 Å². The van der Waals surface area contributed by atoms with Gasteiger partial charge >= 0.3 is 0 Å². The van der Waals surface area contributed by atoms with Crippen LogP contribution in [0.5, 0.6) is 0 Å². The fraction of sp³-hybridized carbons (Fsp3) is 0.235. The molecule has 0 amide bonds. The molecule has 1 unspecified atom stereocenters. The first-order chi connectivity index (χ1) is 9.85. The quantitative estimate of drug-likeness (QED) is 0.782. The van der Waals surface area contributed by atoms with Crippen LogP contribution in [0.25, 0.3) is 10.9 Å². The fourth-order valence-electron chi connectivity index (χ4n) is 2.73. The zero-order valence-electron chi connectivity index (χ0n) is 11.8. The molecule has 3 heteroatoms. The van der Waals surface area contributed by atoms with Crippen molar-refractivity contribution in [2.45, 2.75) is 19.4 Å². The highest BCUT2D eigenvalue weighted by Crippen LogP contribution is 2.30. The topological polar surface area (TPSA) is 38.1 Å². The van der Waals surface area contributed by atoms with Gasteiger partial charge in [-0.15, -0.1) is 0 Å². The first kappa shape index (κ1) is 12.9. The predicted molar refractivity (Wildman–Crippen MR) is 80.7 cm³/mol. The van der Waals surface area contributed by atoms with Gasteiger partial charge in [0.25, 0.3) is 0 Å². The minimum absolute atomic E-state index is 0.0994. The van der Waals surface area contributed by atoms with E-state index in [4.69, 9.17) is 4.42 Å². The van der Waals surface area contributed by atoms with E-state index in [2.05, 4.69) is 41.5 Å². The van der Waals surface area contributed by atoms with Crippen molar-refractivity contribution in [3.05, 3.63) is 65.7 Å². The number of hydrogen-bond donors (Lipinski definition) is 1.